The van der Waals surface area contributed by atoms with Crippen molar-refractivity contribution in [2.24, 2.45) is 5.10 Å². The van der Waals surface area contributed by atoms with Crippen LogP contribution in [0.2, 0.25) is 5.02 Å². The lowest BCUT2D eigenvalue weighted by Crippen LogP contribution is -2.25. The lowest BCUT2D eigenvalue weighted by molar-refractivity contribution is -0.384. The van der Waals surface area contributed by atoms with E-state index in [1.54, 1.807) is 24.3 Å². The summed E-state index contributed by atoms with van der Waals surface area (Å²) in [6, 6.07) is 11.2. The molecule has 2 rings (SSSR count). The molecule has 0 saturated carbocycles. The number of anilines is 1. The molecule has 26 heavy (non-hydrogen) atoms. The Kier molecular flexibility index (Phi) is 6.92. The number of nitrogens with zero attached hydrogens (tertiary/aromatic N) is 2. The van der Waals surface area contributed by atoms with Gasteiger partial charge in [0, 0.05) is 28.4 Å². The number of non-ortho nitro benzene ring substituents is 1. The fourth-order valence-electron chi connectivity index (χ4n) is 1.98. The van der Waals surface area contributed by atoms with Crippen molar-refractivity contribution >= 4 is 35.1 Å². The first-order chi connectivity index (χ1) is 12.5. The van der Waals surface area contributed by atoms with E-state index in [0.717, 1.165) is 11.4 Å². The molecule has 8 nitrogen and oxygen atoms in total. The SMILES string of the molecule is CCOc1ccc(NCC(=O)N/N=C/c2cc([N+](=O)[O-])ccc2Cl)cc1. The van der Waals surface area contributed by atoms with E-state index in [-0.39, 0.29) is 18.1 Å². The van der Waals surface area contributed by atoms with Crippen LogP contribution in [0.15, 0.2) is 47.6 Å². The average Bonchev–Trinajstić information content (AvgIpc) is 2.63. The number of rotatable bonds is 8. The zero-order valence-corrected chi connectivity index (χ0v) is 14.7. The number of hydrazone groups is 1. The summed E-state index contributed by atoms with van der Waals surface area (Å²) < 4.78 is 5.34. The van der Waals surface area contributed by atoms with Gasteiger partial charge in [-0.15, -0.1) is 0 Å². The third kappa shape index (κ3) is 5.75. The molecule has 0 radical (unpaired) electrons. The summed E-state index contributed by atoms with van der Waals surface area (Å²) in [4.78, 5) is 22.0. The number of halogens is 1. The van der Waals surface area contributed by atoms with Crippen LogP contribution in [0.3, 0.4) is 0 Å². The van der Waals surface area contributed by atoms with Crippen LogP contribution in [0.1, 0.15) is 12.5 Å². The van der Waals surface area contributed by atoms with Gasteiger partial charge in [-0.05, 0) is 37.3 Å². The van der Waals surface area contributed by atoms with E-state index in [1.165, 1.54) is 24.4 Å². The third-order valence-electron chi connectivity index (χ3n) is 3.20. The van der Waals surface area contributed by atoms with E-state index in [1.807, 2.05) is 6.92 Å². The van der Waals surface area contributed by atoms with Crippen LogP contribution in [0.25, 0.3) is 0 Å². The minimum atomic E-state index is -0.535. The molecule has 0 aliphatic carbocycles. The van der Waals surface area contributed by atoms with Crippen molar-refractivity contribution in [1.29, 1.82) is 0 Å². The van der Waals surface area contributed by atoms with Crippen LogP contribution in [0, 0.1) is 10.1 Å². The number of nitrogens with one attached hydrogen (secondary N) is 2. The molecule has 2 aromatic rings. The van der Waals surface area contributed by atoms with Gasteiger partial charge >= 0.3 is 0 Å². The molecule has 0 unspecified atom stereocenters. The average molecular weight is 377 g/mol. The molecular formula is C17H17ClN4O4. The smallest absolute Gasteiger partial charge is 0.270 e. The topological polar surface area (TPSA) is 106 Å². The van der Waals surface area contributed by atoms with Crippen molar-refractivity contribution < 1.29 is 14.5 Å². The molecule has 2 N–H and O–H groups in total. The summed E-state index contributed by atoms with van der Waals surface area (Å²) in [6.45, 7) is 2.49. The second kappa shape index (κ2) is 9.38. The molecule has 1 amide bonds. The maximum atomic E-state index is 11.8. The number of nitro benzene ring substituents is 1. The summed E-state index contributed by atoms with van der Waals surface area (Å²) in [7, 11) is 0. The van der Waals surface area contributed by atoms with Gasteiger partial charge in [-0.2, -0.15) is 5.10 Å². The zero-order valence-electron chi connectivity index (χ0n) is 13.9. The molecular weight excluding hydrogens is 360 g/mol. The van der Waals surface area contributed by atoms with E-state index >= 15 is 0 Å². The molecule has 0 aliphatic heterocycles. The highest BCUT2D eigenvalue weighted by Crippen LogP contribution is 2.20. The molecule has 0 aromatic heterocycles. The zero-order chi connectivity index (χ0) is 18.9. The minimum absolute atomic E-state index is 0.00793. The molecule has 0 fully saturated rings. The van der Waals surface area contributed by atoms with Gasteiger partial charge < -0.3 is 10.1 Å². The Balaban J connectivity index is 1.85. The Hall–Kier alpha value is -3.13. The van der Waals surface area contributed by atoms with Gasteiger partial charge in [-0.1, -0.05) is 11.6 Å². The lowest BCUT2D eigenvalue weighted by Gasteiger charge is -2.07. The largest absolute Gasteiger partial charge is 0.494 e. The van der Waals surface area contributed by atoms with Gasteiger partial charge in [0.25, 0.3) is 11.6 Å². The second-order valence-corrected chi connectivity index (χ2v) is 5.47. The maximum absolute atomic E-state index is 11.8. The number of benzene rings is 2. The molecule has 2 aromatic carbocycles. The molecule has 0 aliphatic rings. The van der Waals surface area contributed by atoms with Gasteiger partial charge in [0.15, 0.2) is 0 Å². The molecule has 0 spiro atoms. The van der Waals surface area contributed by atoms with Crippen LogP contribution in [-0.4, -0.2) is 30.2 Å². The fourth-order valence-corrected chi connectivity index (χ4v) is 2.14. The Bertz CT molecular complexity index is 809. The van der Waals surface area contributed by atoms with Gasteiger partial charge in [0.1, 0.15) is 5.75 Å². The van der Waals surface area contributed by atoms with Crippen LogP contribution in [0.5, 0.6) is 5.75 Å². The molecule has 0 saturated heterocycles. The summed E-state index contributed by atoms with van der Waals surface area (Å²) in [5, 5.41) is 17.8. The number of hydrogen-bond donors (Lipinski definition) is 2. The maximum Gasteiger partial charge on any atom is 0.270 e. The van der Waals surface area contributed by atoms with Crippen molar-refractivity contribution in [2.45, 2.75) is 6.92 Å². The van der Waals surface area contributed by atoms with E-state index in [0.29, 0.717) is 17.2 Å². The normalized spacial score (nSPS) is 10.5. The fraction of sp³-hybridized carbons (Fsp3) is 0.176. The van der Waals surface area contributed by atoms with Crippen molar-refractivity contribution in [2.75, 3.05) is 18.5 Å². The van der Waals surface area contributed by atoms with Crippen LogP contribution in [0.4, 0.5) is 11.4 Å². The Morgan fingerprint density at radius 1 is 1.31 bits per heavy atom. The third-order valence-corrected chi connectivity index (χ3v) is 3.55. The van der Waals surface area contributed by atoms with E-state index in [9.17, 15) is 14.9 Å². The first-order valence-electron chi connectivity index (χ1n) is 7.72. The van der Waals surface area contributed by atoms with Crippen LogP contribution in [-0.2, 0) is 4.79 Å². The minimum Gasteiger partial charge on any atom is -0.494 e. The van der Waals surface area contributed by atoms with E-state index < -0.39 is 4.92 Å². The molecule has 9 heteroatoms. The van der Waals surface area contributed by atoms with Gasteiger partial charge in [0.2, 0.25) is 0 Å². The highest BCUT2D eigenvalue weighted by molar-refractivity contribution is 6.33. The Morgan fingerprint density at radius 3 is 2.69 bits per heavy atom. The number of ether oxygens (including phenoxy) is 1. The van der Waals surface area contributed by atoms with Crippen molar-refractivity contribution in [3.05, 3.63) is 63.2 Å². The van der Waals surface area contributed by atoms with Gasteiger partial charge in [-0.25, -0.2) is 5.43 Å². The highest BCUT2D eigenvalue weighted by Gasteiger charge is 2.08. The van der Waals surface area contributed by atoms with Crippen LogP contribution >= 0.6 is 11.6 Å². The van der Waals surface area contributed by atoms with E-state index in [4.69, 9.17) is 16.3 Å². The number of hydrogen-bond acceptors (Lipinski definition) is 6. The first-order valence-corrected chi connectivity index (χ1v) is 8.10. The molecule has 136 valence electrons. The van der Waals surface area contributed by atoms with Crippen molar-refractivity contribution in [3.63, 3.8) is 0 Å². The number of carbonyl (C=O) groups excluding carboxylic acids is 1. The Morgan fingerprint density at radius 2 is 2.04 bits per heavy atom. The highest BCUT2D eigenvalue weighted by atomic mass is 35.5. The molecule has 0 heterocycles. The monoisotopic (exact) mass is 376 g/mol. The number of amides is 1. The second-order valence-electron chi connectivity index (χ2n) is 5.07. The predicted octanol–water partition coefficient (Wildman–Crippen LogP) is 3.21. The lowest BCUT2D eigenvalue weighted by atomic mass is 10.2. The molecule has 0 atom stereocenters. The van der Waals surface area contributed by atoms with Crippen molar-refractivity contribution in [1.82, 2.24) is 5.43 Å². The summed E-state index contributed by atoms with van der Waals surface area (Å²) in [6.07, 6.45) is 1.25. The standard InChI is InChI=1S/C17H17ClN4O4/c1-2-26-15-6-3-13(4-7-15)19-11-17(23)21-20-10-12-9-14(22(24)25)5-8-16(12)18/h3-10,19H,2,11H2,1H3,(H,21,23)/b20-10+. The molecule has 0 bridgehead atoms. The summed E-state index contributed by atoms with van der Waals surface area (Å²) >= 11 is 5.94. The summed E-state index contributed by atoms with van der Waals surface area (Å²) in [5.74, 6) is 0.373. The van der Waals surface area contributed by atoms with Crippen molar-refractivity contribution in [3.8, 4) is 5.75 Å². The van der Waals surface area contributed by atoms with Crippen LogP contribution < -0.4 is 15.5 Å². The van der Waals surface area contributed by atoms with E-state index in [2.05, 4.69) is 15.8 Å². The predicted molar refractivity (Wildman–Crippen MR) is 99.9 cm³/mol. The Labute approximate surface area is 155 Å². The number of carbonyl (C=O) groups is 1. The number of nitro groups is 1. The summed E-state index contributed by atoms with van der Waals surface area (Å²) in [5.41, 5.74) is 3.30. The van der Waals surface area contributed by atoms with Gasteiger partial charge in [0.05, 0.1) is 24.3 Å². The van der Waals surface area contributed by atoms with Gasteiger partial charge in [-0.3, -0.25) is 14.9 Å². The quantitative estimate of drug-likeness (QED) is 0.418. The first kappa shape index (κ1) is 19.2.